The summed E-state index contributed by atoms with van der Waals surface area (Å²) in [7, 11) is 0. The molecule has 2 atom stereocenters. The molecule has 0 spiro atoms. The van der Waals surface area contributed by atoms with Gasteiger partial charge in [0.1, 0.15) is 0 Å². The van der Waals surface area contributed by atoms with E-state index in [9.17, 15) is 4.79 Å². The van der Waals surface area contributed by atoms with Crippen LogP contribution >= 0.6 is 0 Å². The third-order valence-electron chi connectivity index (χ3n) is 2.87. The minimum Gasteiger partial charge on any atom is -0.381 e. The summed E-state index contributed by atoms with van der Waals surface area (Å²) in [5, 5.41) is 0. The van der Waals surface area contributed by atoms with E-state index >= 15 is 0 Å². The Morgan fingerprint density at radius 1 is 1.50 bits per heavy atom. The van der Waals surface area contributed by atoms with Gasteiger partial charge in [-0.05, 0) is 24.7 Å². The topological polar surface area (TPSA) is 73.6 Å². The Labute approximate surface area is 95.9 Å². The van der Waals surface area contributed by atoms with Gasteiger partial charge in [0.15, 0.2) is 0 Å². The molecule has 0 aromatic rings. The summed E-state index contributed by atoms with van der Waals surface area (Å²) >= 11 is 0. The zero-order chi connectivity index (χ0) is 11.8. The average molecular weight is 228 g/mol. The van der Waals surface area contributed by atoms with Crippen LogP contribution in [0.5, 0.6) is 0 Å². The summed E-state index contributed by atoms with van der Waals surface area (Å²) in [5.74, 6) is 5.64. The molecule has 0 amide bonds. The second kappa shape index (κ2) is 7.38. The predicted molar refractivity (Wildman–Crippen MR) is 59.9 cm³/mol. The van der Waals surface area contributed by atoms with Crippen LogP contribution in [0, 0.1) is 11.8 Å². The number of carbonyl (C=O) groups is 1. The molecule has 5 heteroatoms. The lowest BCUT2D eigenvalue weighted by atomic mass is 9.85. The predicted octanol–water partition coefficient (Wildman–Crippen LogP) is 0.917. The highest BCUT2D eigenvalue weighted by atomic mass is 16.7. The molecular weight excluding hydrogens is 208 g/mol. The SMILES string of the molecule is CC1CC=CCC1COCCC(=O)ONN. The van der Waals surface area contributed by atoms with Crippen LogP contribution in [0.1, 0.15) is 26.2 Å². The summed E-state index contributed by atoms with van der Waals surface area (Å²) in [6, 6.07) is 0. The molecule has 0 aromatic heterocycles. The summed E-state index contributed by atoms with van der Waals surface area (Å²) in [5.41, 5.74) is 1.85. The van der Waals surface area contributed by atoms with Gasteiger partial charge in [-0.2, -0.15) is 0 Å². The monoisotopic (exact) mass is 228 g/mol. The molecule has 1 rings (SSSR count). The Morgan fingerprint density at radius 2 is 2.25 bits per heavy atom. The number of hydrogen-bond donors (Lipinski definition) is 2. The van der Waals surface area contributed by atoms with Crippen LogP contribution in [-0.2, 0) is 14.4 Å². The van der Waals surface area contributed by atoms with Gasteiger partial charge in [0.25, 0.3) is 0 Å². The first kappa shape index (κ1) is 13.2. The Hall–Kier alpha value is -0.910. The number of carbonyl (C=O) groups excluding carboxylic acids is 1. The van der Waals surface area contributed by atoms with E-state index < -0.39 is 5.97 Å². The summed E-state index contributed by atoms with van der Waals surface area (Å²) < 4.78 is 5.46. The van der Waals surface area contributed by atoms with E-state index in [-0.39, 0.29) is 6.42 Å². The number of nitrogens with one attached hydrogen (secondary N) is 1. The lowest BCUT2D eigenvalue weighted by Gasteiger charge is -2.24. The van der Waals surface area contributed by atoms with Crippen molar-refractivity contribution < 1.29 is 14.4 Å². The van der Waals surface area contributed by atoms with Crippen LogP contribution < -0.4 is 11.4 Å². The summed E-state index contributed by atoms with van der Waals surface area (Å²) in [6.45, 7) is 3.31. The molecular formula is C11H20N2O3. The van der Waals surface area contributed by atoms with Gasteiger partial charge in [-0.1, -0.05) is 24.7 Å². The largest absolute Gasteiger partial charge is 0.381 e. The Balaban J connectivity index is 2.06. The third-order valence-corrected chi connectivity index (χ3v) is 2.87. The first-order valence-electron chi connectivity index (χ1n) is 5.62. The third kappa shape index (κ3) is 4.74. The zero-order valence-corrected chi connectivity index (χ0v) is 9.65. The van der Waals surface area contributed by atoms with Gasteiger partial charge >= 0.3 is 5.97 Å². The normalized spacial score (nSPS) is 24.4. The standard InChI is InChI=1S/C11H20N2O3/c1-9-4-2-3-5-10(9)8-15-7-6-11(14)16-13-12/h2-3,9-10,13H,4-8,12H2,1H3. The molecule has 0 aromatic carbocycles. The quantitative estimate of drug-likeness (QED) is 0.306. The molecule has 0 saturated heterocycles. The van der Waals surface area contributed by atoms with Crippen molar-refractivity contribution in [2.24, 2.45) is 17.7 Å². The molecule has 0 fully saturated rings. The van der Waals surface area contributed by atoms with Gasteiger partial charge in [0, 0.05) is 6.61 Å². The number of allylic oxidation sites excluding steroid dienone is 2. The molecule has 3 N–H and O–H groups in total. The first-order valence-corrected chi connectivity index (χ1v) is 5.62. The van der Waals surface area contributed by atoms with Crippen molar-refractivity contribution in [2.75, 3.05) is 13.2 Å². The first-order chi connectivity index (χ1) is 7.74. The number of hydrazine groups is 1. The van der Waals surface area contributed by atoms with Gasteiger partial charge < -0.3 is 9.57 Å². The number of rotatable bonds is 6. The number of ether oxygens (including phenoxy) is 1. The summed E-state index contributed by atoms with van der Waals surface area (Å²) in [6.07, 6.45) is 6.82. The molecule has 2 unspecified atom stereocenters. The molecule has 5 nitrogen and oxygen atoms in total. The molecule has 0 aliphatic heterocycles. The summed E-state index contributed by atoms with van der Waals surface area (Å²) in [4.78, 5) is 15.3. The van der Waals surface area contributed by atoms with Crippen LogP contribution in [0.3, 0.4) is 0 Å². The second-order valence-corrected chi connectivity index (χ2v) is 4.10. The second-order valence-electron chi connectivity index (χ2n) is 4.10. The van der Waals surface area contributed by atoms with Crippen molar-refractivity contribution in [3.05, 3.63) is 12.2 Å². The van der Waals surface area contributed by atoms with Crippen LogP contribution in [0.25, 0.3) is 0 Å². The highest BCUT2D eigenvalue weighted by molar-refractivity contribution is 5.69. The molecule has 1 aliphatic carbocycles. The fraction of sp³-hybridized carbons (Fsp3) is 0.727. The fourth-order valence-electron chi connectivity index (χ4n) is 1.75. The van der Waals surface area contributed by atoms with E-state index in [1.54, 1.807) is 0 Å². The average Bonchev–Trinajstić information content (AvgIpc) is 2.27. The van der Waals surface area contributed by atoms with Crippen LogP contribution in [-0.4, -0.2) is 19.2 Å². The molecule has 0 heterocycles. The van der Waals surface area contributed by atoms with Crippen LogP contribution in [0.4, 0.5) is 0 Å². The minimum atomic E-state index is -0.404. The lowest BCUT2D eigenvalue weighted by molar-refractivity contribution is -0.152. The molecule has 16 heavy (non-hydrogen) atoms. The molecule has 1 aliphatic rings. The van der Waals surface area contributed by atoms with Gasteiger partial charge in [-0.3, -0.25) is 4.79 Å². The van der Waals surface area contributed by atoms with Crippen molar-refractivity contribution in [1.29, 1.82) is 0 Å². The lowest BCUT2D eigenvalue weighted by Crippen LogP contribution is -2.27. The smallest absolute Gasteiger partial charge is 0.328 e. The van der Waals surface area contributed by atoms with Crippen molar-refractivity contribution in [3.8, 4) is 0 Å². The van der Waals surface area contributed by atoms with E-state index in [0.29, 0.717) is 25.0 Å². The highest BCUT2D eigenvalue weighted by Gasteiger charge is 2.18. The Kier molecular flexibility index (Phi) is 6.07. The van der Waals surface area contributed by atoms with Crippen molar-refractivity contribution in [2.45, 2.75) is 26.2 Å². The van der Waals surface area contributed by atoms with E-state index in [1.807, 2.05) is 5.59 Å². The van der Waals surface area contributed by atoms with Gasteiger partial charge in [0.2, 0.25) is 0 Å². The van der Waals surface area contributed by atoms with E-state index in [1.165, 1.54) is 0 Å². The van der Waals surface area contributed by atoms with Gasteiger partial charge in [-0.25, -0.2) is 5.84 Å². The van der Waals surface area contributed by atoms with E-state index in [2.05, 4.69) is 23.9 Å². The molecule has 0 saturated carbocycles. The zero-order valence-electron chi connectivity index (χ0n) is 9.65. The maximum Gasteiger partial charge on any atom is 0.328 e. The van der Waals surface area contributed by atoms with E-state index in [0.717, 1.165) is 12.8 Å². The molecule has 0 bridgehead atoms. The van der Waals surface area contributed by atoms with Crippen molar-refractivity contribution >= 4 is 5.97 Å². The molecule has 0 radical (unpaired) electrons. The fourth-order valence-corrected chi connectivity index (χ4v) is 1.75. The van der Waals surface area contributed by atoms with Crippen molar-refractivity contribution in [3.63, 3.8) is 0 Å². The Bertz CT molecular complexity index is 243. The minimum absolute atomic E-state index is 0.223. The van der Waals surface area contributed by atoms with E-state index in [4.69, 9.17) is 10.6 Å². The van der Waals surface area contributed by atoms with Crippen LogP contribution in [0.2, 0.25) is 0 Å². The van der Waals surface area contributed by atoms with Crippen LogP contribution in [0.15, 0.2) is 12.2 Å². The van der Waals surface area contributed by atoms with Gasteiger partial charge in [-0.15, -0.1) is 0 Å². The number of nitrogens with two attached hydrogens (primary N) is 1. The van der Waals surface area contributed by atoms with Crippen molar-refractivity contribution in [1.82, 2.24) is 5.59 Å². The number of hydrogen-bond acceptors (Lipinski definition) is 5. The Morgan fingerprint density at radius 3 is 2.94 bits per heavy atom. The van der Waals surface area contributed by atoms with Gasteiger partial charge in [0.05, 0.1) is 13.0 Å². The molecule has 92 valence electrons. The maximum atomic E-state index is 10.9. The maximum absolute atomic E-state index is 10.9. The highest BCUT2D eigenvalue weighted by Crippen LogP contribution is 2.24.